The van der Waals surface area contributed by atoms with Crippen LogP contribution < -0.4 is 15.0 Å². The highest BCUT2D eigenvalue weighted by atomic mass is 16.5. The predicted molar refractivity (Wildman–Crippen MR) is 107 cm³/mol. The van der Waals surface area contributed by atoms with Gasteiger partial charge in [-0.3, -0.25) is 9.59 Å². The molecule has 142 valence electrons. The normalized spacial score (nSPS) is 14.9. The number of hydrogen-bond acceptors (Lipinski definition) is 3. The lowest BCUT2D eigenvalue weighted by Gasteiger charge is -2.19. The van der Waals surface area contributed by atoms with Gasteiger partial charge in [-0.15, -0.1) is 0 Å². The van der Waals surface area contributed by atoms with Crippen LogP contribution in [0.3, 0.4) is 0 Å². The number of rotatable bonds is 7. The van der Waals surface area contributed by atoms with Crippen LogP contribution in [0, 0.1) is 0 Å². The SMILES string of the molecule is CCc1ccc(O[C@@H](CC)C(=O)Nc2ccc(N3CCCC3=O)cc2)cc1. The summed E-state index contributed by atoms with van der Waals surface area (Å²) in [4.78, 5) is 26.2. The minimum atomic E-state index is -0.558. The maximum atomic E-state index is 12.6. The van der Waals surface area contributed by atoms with Crippen molar-refractivity contribution in [1.82, 2.24) is 0 Å². The summed E-state index contributed by atoms with van der Waals surface area (Å²) >= 11 is 0. The lowest BCUT2D eigenvalue weighted by molar-refractivity contribution is -0.122. The molecule has 27 heavy (non-hydrogen) atoms. The molecule has 0 bridgehead atoms. The van der Waals surface area contributed by atoms with Gasteiger partial charge in [-0.25, -0.2) is 0 Å². The molecule has 3 rings (SSSR count). The van der Waals surface area contributed by atoms with Crippen molar-refractivity contribution in [2.45, 2.75) is 45.6 Å². The molecule has 0 aromatic heterocycles. The molecule has 1 fully saturated rings. The van der Waals surface area contributed by atoms with Gasteiger partial charge in [0.2, 0.25) is 5.91 Å². The van der Waals surface area contributed by atoms with Gasteiger partial charge in [0.15, 0.2) is 6.10 Å². The molecule has 0 spiro atoms. The van der Waals surface area contributed by atoms with Crippen molar-refractivity contribution >= 4 is 23.2 Å². The van der Waals surface area contributed by atoms with E-state index >= 15 is 0 Å². The van der Waals surface area contributed by atoms with Crippen LogP contribution in [0.2, 0.25) is 0 Å². The molecule has 0 saturated carbocycles. The number of anilines is 2. The van der Waals surface area contributed by atoms with Crippen LogP contribution in [-0.4, -0.2) is 24.5 Å². The molecular weight excluding hydrogens is 340 g/mol. The second kappa shape index (κ2) is 8.71. The quantitative estimate of drug-likeness (QED) is 0.800. The molecule has 1 heterocycles. The minimum Gasteiger partial charge on any atom is -0.481 e. The van der Waals surface area contributed by atoms with E-state index in [0.29, 0.717) is 24.3 Å². The fourth-order valence-corrected chi connectivity index (χ4v) is 3.16. The third kappa shape index (κ3) is 4.67. The first-order valence-corrected chi connectivity index (χ1v) is 9.57. The maximum absolute atomic E-state index is 12.6. The Hall–Kier alpha value is -2.82. The summed E-state index contributed by atoms with van der Waals surface area (Å²) < 4.78 is 5.85. The van der Waals surface area contributed by atoms with Gasteiger partial charge in [-0.2, -0.15) is 0 Å². The molecule has 0 radical (unpaired) electrons. The van der Waals surface area contributed by atoms with Crippen molar-refractivity contribution in [3.05, 3.63) is 54.1 Å². The second-order valence-electron chi connectivity index (χ2n) is 6.70. The number of aryl methyl sites for hydroxylation is 1. The first-order chi connectivity index (χ1) is 13.1. The molecule has 5 nitrogen and oxygen atoms in total. The van der Waals surface area contributed by atoms with Crippen molar-refractivity contribution < 1.29 is 14.3 Å². The Morgan fingerprint density at radius 1 is 1.11 bits per heavy atom. The van der Waals surface area contributed by atoms with Crippen LogP contribution in [0.1, 0.15) is 38.7 Å². The van der Waals surface area contributed by atoms with Crippen LogP contribution in [0.25, 0.3) is 0 Å². The molecule has 5 heteroatoms. The van der Waals surface area contributed by atoms with Crippen LogP contribution in [0.5, 0.6) is 5.75 Å². The molecule has 1 atom stereocenters. The average Bonchev–Trinajstić information content (AvgIpc) is 3.13. The molecule has 1 N–H and O–H groups in total. The largest absolute Gasteiger partial charge is 0.481 e. The number of hydrogen-bond donors (Lipinski definition) is 1. The number of carbonyl (C=O) groups excluding carboxylic acids is 2. The van der Waals surface area contributed by atoms with Crippen molar-refractivity contribution in [2.75, 3.05) is 16.8 Å². The summed E-state index contributed by atoms with van der Waals surface area (Å²) in [6, 6.07) is 15.2. The van der Waals surface area contributed by atoms with Gasteiger partial charge in [0.1, 0.15) is 5.75 Å². The van der Waals surface area contributed by atoms with Gasteiger partial charge in [0, 0.05) is 24.3 Å². The summed E-state index contributed by atoms with van der Waals surface area (Å²) in [6.45, 7) is 4.78. The standard InChI is InChI=1S/C22H26N2O3/c1-3-16-7-13-19(14-8-16)27-20(4-2)22(26)23-17-9-11-18(12-10-17)24-15-5-6-21(24)25/h7-14,20H,3-6,15H2,1-2H3,(H,23,26)/t20-/m0/s1. The Kier molecular flexibility index (Phi) is 6.12. The number of amides is 2. The lowest BCUT2D eigenvalue weighted by Crippen LogP contribution is -2.32. The van der Waals surface area contributed by atoms with Crippen LogP contribution in [0.4, 0.5) is 11.4 Å². The molecule has 1 aliphatic rings. The second-order valence-corrected chi connectivity index (χ2v) is 6.70. The Bertz CT molecular complexity index is 784. The van der Waals surface area contributed by atoms with E-state index in [0.717, 1.165) is 25.1 Å². The van der Waals surface area contributed by atoms with E-state index < -0.39 is 6.10 Å². The van der Waals surface area contributed by atoms with Crippen molar-refractivity contribution in [3.63, 3.8) is 0 Å². The van der Waals surface area contributed by atoms with E-state index in [1.165, 1.54) is 5.56 Å². The van der Waals surface area contributed by atoms with E-state index in [2.05, 4.69) is 12.2 Å². The van der Waals surface area contributed by atoms with Crippen LogP contribution >= 0.6 is 0 Å². The number of benzene rings is 2. The first kappa shape index (κ1) is 19.0. The zero-order chi connectivity index (χ0) is 19.2. The topological polar surface area (TPSA) is 58.6 Å². The first-order valence-electron chi connectivity index (χ1n) is 9.57. The van der Waals surface area contributed by atoms with Crippen molar-refractivity contribution in [3.8, 4) is 5.75 Å². The fraction of sp³-hybridized carbons (Fsp3) is 0.364. The minimum absolute atomic E-state index is 0.153. The Balaban J connectivity index is 1.61. The molecule has 2 aromatic carbocycles. The number of ether oxygens (including phenoxy) is 1. The third-order valence-electron chi connectivity index (χ3n) is 4.79. The third-order valence-corrected chi connectivity index (χ3v) is 4.79. The van der Waals surface area contributed by atoms with E-state index in [-0.39, 0.29) is 11.8 Å². The van der Waals surface area contributed by atoms with Gasteiger partial charge in [-0.05, 0) is 61.2 Å². The summed E-state index contributed by atoms with van der Waals surface area (Å²) in [5.74, 6) is 0.666. The zero-order valence-electron chi connectivity index (χ0n) is 15.9. The predicted octanol–water partition coefficient (Wildman–Crippen LogP) is 4.17. The highest BCUT2D eigenvalue weighted by Crippen LogP contribution is 2.23. The molecule has 0 aliphatic carbocycles. The zero-order valence-corrected chi connectivity index (χ0v) is 15.9. The monoisotopic (exact) mass is 366 g/mol. The summed E-state index contributed by atoms with van der Waals surface area (Å²) in [5.41, 5.74) is 2.80. The van der Waals surface area contributed by atoms with Gasteiger partial charge in [0.05, 0.1) is 0 Å². The smallest absolute Gasteiger partial charge is 0.265 e. The number of nitrogens with one attached hydrogen (secondary N) is 1. The van der Waals surface area contributed by atoms with Gasteiger partial charge in [-0.1, -0.05) is 26.0 Å². The summed E-state index contributed by atoms with van der Waals surface area (Å²) in [5, 5.41) is 2.90. The lowest BCUT2D eigenvalue weighted by atomic mass is 10.1. The highest BCUT2D eigenvalue weighted by molar-refractivity contribution is 5.97. The van der Waals surface area contributed by atoms with Gasteiger partial charge < -0.3 is 15.0 Å². The maximum Gasteiger partial charge on any atom is 0.265 e. The fourth-order valence-electron chi connectivity index (χ4n) is 3.16. The van der Waals surface area contributed by atoms with Gasteiger partial charge >= 0.3 is 0 Å². The van der Waals surface area contributed by atoms with E-state index in [9.17, 15) is 9.59 Å². The Morgan fingerprint density at radius 2 is 1.81 bits per heavy atom. The number of carbonyl (C=O) groups is 2. The van der Waals surface area contributed by atoms with E-state index in [4.69, 9.17) is 4.74 Å². The van der Waals surface area contributed by atoms with Gasteiger partial charge in [0.25, 0.3) is 5.91 Å². The molecule has 1 saturated heterocycles. The summed E-state index contributed by atoms with van der Waals surface area (Å²) in [7, 11) is 0. The van der Waals surface area contributed by atoms with Crippen LogP contribution in [-0.2, 0) is 16.0 Å². The van der Waals surface area contributed by atoms with Crippen molar-refractivity contribution in [2.24, 2.45) is 0 Å². The average molecular weight is 366 g/mol. The van der Waals surface area contributed by atoms with E-state index in [1.807, 2.05) is 55.5 Å². The Labute approximate surface area is 160 Å². The van der Waals surface area contributed by atoms with Crippen LogP contribution in [0.15, 0.2) is 48.5 Å². The molecule has 0 unspecified atom stereocenters. The number of nitrogens with zero attached hydrogens (tertiary/aromatic N) is 1. The highest BCUT2D eigenvalue weighted by Gasteiger charge is 2.22. The Morgan fingerprint density at radius 3 is 2.37 bits per heavy atom. The van der Waals surface area contributed by atoms with Crippen molar-refractivity contribution in [1.29, 1.82) is 0 Å². The molecule has 2 aromatic rings. The van der Waals surface area contributed by atoms with E-state index in [1.54, 1.807) is 4.90 Å². The molecule has 2 amide bonds. The molecular formula is C22H26N2O3. The summed E-state index contributed by atoms with van der Waals surface area (Å²) in [6.07, 6.45) is 2.48. The molecule has 1 aliphatic heterocycles.